The first kappa shape index (κ1) is 16.0. The van der Waals surface area contributed by atoms with Gasteiger partial charge >= 0.3 is 0 Å². The molecule has 0 saturated carbocycles. The van der Waals surface area contributed by atoms with Gasteiger partial charge in [0.1, 0.15) is 5.82 Å². The Labute approximate surface area is 136 Å². The SMILES string of the molecule is Cc1nc(S(=O)(=O)NCc2ccc(Br)cc2F)sc1Br. The first-order chi connectivity index (χ1) is 9.29. The number of halogens is 3. The number of thiazole rings is 1. The Bertz CT molecular complexity index is 727. The highest BCUT2D eigenvalue weighted by Crippen LogP contribution is 2.27. The summed E-state index contributed by atoms with van der Waals surface area (Å²) < 4.78 is 41.2. The van der Waals surface area contributed by atoms with Crippen molar-refractivity contribution in [2.45, 2.75) is 17.8 Å². The molecule has 0 aliphatic carbocycles. The van der Waals surface area contributed by atoms with E-state index in [0.717, 1.165) is 11.3 Å². The molecule has 0 amide bonds. The molecule has 2 aromatic rings. The summed E-state index contributed by atoms with van der Waals surface area (Å²) in [4.78, 5) is 3.95. The summed E-state index contributed by atoms with van der Waals surface area (Å²) in [5.74, 6) is -0.474. The van der Waals surface area contributed by atoms with Crippen LogP contribution in [0.15, 0.2) is 30.8 Å². The third kappa shape index (κ3) is 3.64. The molecule has 0 radical (unpaired) electrons. The van der Waals surface area contributed by atoms with Gasteiger partial charge in [-0.05, 0) is 35.0 Å². The van der Waals surface area contributed by atoms with Crippen LogP contribution in [0.3, 0.4) is 0 Å². The summed E-state index contributed by atoms with van der Waals surface area (Å²) in [6.45, 7) is 1.58. The Morgan fingerprint density at radius 3 is 2.65 bits per heavy atom. The molecule has 0 aliphatic rings. The van der Waals surface area contributed by atoms with Crippen LogP contribution in [0.25, 0.3) is 0 Å². The molecule has 0 aliphatic heterocycles. The summed E-state index contributed by atoms with van der Waals surface area (Å²) in [5, 5.41) is 0. The van der Waals surface area contributed by atoms with Gasteiger partial charge in [0.15, 0.2) is 0 Å². The fourth-order valence-electron chi connectivity index (χ4n) is 1.37. The van der Waals surface area contributed by atoms with Crippen LogP contribution in [-0.2, 0) is 16.6 Å². The van der Waals surface area contributed by atoms with E-state index in [2.05, 4.69) is 41.6 Å². The average molecular weight is 444 g/mol. The molecule has 4 nitrogen and oxygen atoms in total. The van der Waals surface area contributed by atoms with Crippen molar-refractivity contribution in [3.05, 3.63) is 43.5 Å². The maximum Gasteiger partial charge on any atom is 0.268 e. The first-order valence-electron chi connectivity index (χ1n) is 5.36. The zero-order chi connectivity index (χ0) is 14.9. The van der Waals surface area contributed by atoms with Gasteiger partial charge in [0.25, 0.3) is 10.0 Å². The lowest BCUT2D eigenvalue weighted by Gasteiger charge is -2.05. The second kappa shape index (κ2) is 6.18. The van der Waals surface area contributed by atoms with Crippen LogP contribution in [0.2, 0.25) is 0 Å². The van der Waals surface area contributed by atoms with E-state index in [9.17, 15) is 12.8 Å². The Kier molecular flexibility index (Phi) is 4.96. The molecule has 20 heavy (non-hydrogen) atoms. The Hall–Kier alpha value is -0.350. The zero-order valence-electron chi connectivity index (χ0n) is 10.2. The van der Waals surface area contributed by atoms with Crippen LogP contribution < -0.4 is 4.72 Å². The van der Waals surface area contributed by atoms with Crippen LogP contribution in [0.5, 0.6) is 0 Å². The Morgan fingerprint density at radius 2 is 2.10 bits per heavy atom. The van der Waals surface area contributed by atoms with Gasteiger partial charge in [0.05, 0.1) is 9.48 Å². The van der Waals surface area contributed by atoms with Crippen LogP contribution in [0, 0.1) is 12.7 Å². The lowest BCUT2D eigenvalue weighted by molar-refractivity contribution is 0.573. The third-order valence-electron chi connectivity index (χ3n) is 2.42. The largest absolute Gasteiger partial charge is 0.268 e. The third-order valence-corrected chi connectivity index (χ3v) is 6.69. The van der Waals surface area contributed by atoms with Gasteiger partial charge < -0.3 is 0 Å². The fourth-order valence-corrected chi connectivity index (χ4v) is 4.69. The van der Waals surface area contributed by atoms with E-state index in [-0.39, 0.29) is 16.4 Å². The summed E-state index contributed by atoms with van der Waals surface area (Å²) >= 11 is 7.38. The molecule has 0 atom stereocenters. The van der Waals surface area contributed by atoms with Crippen LogP contribution >= 0.6 is 43.2 Å². The van der Waals surface area contributed by atoms with E-state index in [0.29, 0.717) is 14.0 Å². The van der Waals surface area contributed by atoms with Gasteiger partial charge in [0, 0.05) is 16.6 Å². The zero-order valence-corrected chi connectivity index (χ0v) is 15.0. The highest BCUT2D eigenvalue weighted by Gasteiger charge is 2.20. The summed E-state index contributed by atoms with van der Waals surface area (Å²) in [6.07, 6.45) is 0. The van der Waals surface area contributed by atoms with E-state index in [4.69, 9.17) is 0 Å². The van der Waals surface area contributed by atoms with Crippen molar-refractivity contribution in [2.24, 2.45) is 0 Å². The second-order valence-corrected chi connectivity index (χ2v) is 9.07. The minimum Gasteiger partial charge on any atom is -0.228 e. The molecule has 1 aromatic carbocycles. The highest BCUT2D eigenvalue weighted by molar-refractivity contribution is 9.11. The van der Waals surface area contributed by atoms with Crippen molar-refractivity contribution in [2.75, 3.05) is 0 Å². The van der Waals surface area contributed by atoms with Gasteiger partial charge in [-0.15, -0.1) is 0 Å². The lowest BCUT2D eigenvalue weighted by atomic mass is 10.2. The van der Waals surface area contributed by atoms with Crippen molar-refractivity contribution in [3.63, 3.8) is 0 Å². The minimum atomic E-state index is -3.74. The van der Waals surface area contributed by atoms with Crippen molar-refractivity contribution < 1.29 is 12.8 Å². The Morgan fingerprint density at radius 1 is 1.40 bits per heavy atom. The number of hydrogen-bond acceptors (Lipinski definition) is 4. The van der Waals surface area contributed by atoms with Crippen molar-refractivity contribution in [1.82, 2.24) is 9.71 Å². The molecule has 0 saturated heterocycles. The van der Waals surface area contributed by atoms with Gasteiger partial charge in [0.2, 0.25) is 4.34 Å². The van der Waals surface area contributed by atoms with Gasteiger partial charge in [-0.1, -0.05) is 33.3 Å². The molecule has 0 spiro atoms. The van der Waals surface area contributed by atoms with E-state index >= 15 is 0 Å². The molecule has 1 heterocycles. The normalized spacial score (nSPS) is 11.8. The molecule has 0 fully saturated rings. The molecule has 9 heteroatoms. The number of sulfonamides is 1. The molecule has 108 valence electrons. The maximum absolute atomic E-state index is 13.6. The van der Waals surface area contributed by atoms with E-state index in [1.54, 1.807) is 13.0 Å². The molecule has 2 rings (SSSR count). The van der Waals surface area contributed by atoms with Gasteiger partial charge in [-0.3, -0.25) is 0 Å². The minimum absolute atomic E-state index is 0.0422. The summed E-state index contributed by atoms with van der Waals surface area (Å²) in [5.41, 5.74) is 0.870. The van der Waals surface area contributed by atoms with Crippen LogP contribution in [0.4, 0.5) is 4.39 Å². The first-order valence-corrected chi connectivity index (χ1v) is 9.24. The quantitative estimate of drug-likeness (QED) is 0.785. The lowest BCUT2D eigenvalue weighted by Crippen LogP contribution is -2.23. The van der Waals surface area contributed by atoms with E-state index in [1.807, 2.05) is 0 Å². The van der Waals surface area contributed by atoms with Crippen LogP contribution in [0.1, 0.15) is 11.3 Å². The molecular formula is C11H9Br2FN2O2S2. The van der Waals surface area contributed by atoms with Gasteiger partial charge in [-0.25, -0.2) is 22.5 Å². The number of hydrogen-bond donors (Lipinski definition) is 1. The van der Waals surface area contributed by atoms with E-state index < -0.39 is 15.8 Å². The second-order valence-electron chi connectivity index (χ2n) is 3.90. The fraction of sp³-hybridized carbons (Fsp3) is 0.182. The monoisotopic (exact) mass is 442 g/mol. The number of benzene rings is 1. The number of nitrogens with one attached hydrogen (secondary N) is 1. The number of aryl methyl sites for hydroxylation is 1. The average Bonchev–Trinajstić information content (AvgIpc) is 2.69. The molecule has 1 N–H and O–H groups in total. The van der Waals surface area contributed by atoms with Crippen molar-refractivity contribution in [3.8, 4) is 0 Å². The standard InChI is InChI=1S/C11H9Br2FN2O2S2/c1-6-10(13)19-11(16-6)20(17,18)15-5-7-2-3-8(12)4-9(7)14/h2-4,15H,5H2,1H3. The predicted octanol–water partition coefficient (Wildman–Crippen LogP) is 3.59. The molecule has 0 bridgehead atoms. The number of aromatic nitrogens is 1. The molecule has 1 aromatic heterocycles. The molecule has 0 unspecified atom stereocenters. The predicted molar refractivity (Wildman–Crippen MR) is 82.7 cm³/mol. The van der Waals surface area contributed by atoms with Gasteiger partial charge in [-0.2, -0.15) is 0 Å². The van der Waals surface area contributed by atoms with Crippen molar-refractivity contribution in [1.29, 1.82) is 0 Å². The van der Waals surface area contributed by atoms with Crippen LogP contribution in [-0.4, -0.2) is 13.4 Å². The number of rotatable bonds is 4. The summed E-state index contributed by atoms with van der Waals surface area (Å²) in [6, 6.07) is 4.45. The maximum atomic E-state index is 13.6. The smallest absolute Gasteiger partial charge is 0.228 e. The van der Waals surface area contributed by atoms with E-state index in [1.165, 1.54) is 12.1 Å². The highest BCUT2D eigenvalue weighted by atomic mass is 79.9. The molecular weight excluding hydrogens is 435 g/mol. The number of nitrogens with zero attached hydrogens (tertiary/aromatic N) is 1. The Balaban J connectivity index is 2.17. The topological polar surface area (TPSA) is 59.1 Å². The summed E-state index contributed by atoms with van der Waals surface area (Å²) in [7, 11) is -3.74. The van der Waals surface area contributed by atoms with Crippen molar-refractivity contribution >= 4 is 53.2 Å².